The summed E-state index contributed by atoms with van der Waals surface area (Å²) < 4.78 is 5.58. The van der Waals surface area contributed by atoms with Gasteiger partial charge in [0.05, 0.1) is 0 Å². The van der Waals surface area contributed by atoms with E-state index in [9.17, 15) is 19.8 Å². The third-order valence-electron chi connectivity index (χ3n) is 6.57. The molecule has 6 aromatic carbocycles. The van der Waals surface area contributed by atoms with Crippen LogP contribution in [-0.4, -0.2) is 21.8 Å². The van der Waals surface area contributed by atoms with E-state index >= 15 is 0 Å². The zero-order chi connectivity index (χ0) is 31.7. The molecule has 0 fully saturated rings. The molecule has 0 aliphatic carbocycles. The number of aliphatic hydroxyl groups is 2. The summed E-state index contributed by atoms with van der Waals surface area (Å²) in [5.74, 6) is 1.20. The van der Waals surface area contributed by atoms with Crippen LogP contribution in [0.1, 0.15) is 44.1 Å². The summed E-state index contributed by atoms with van der Waals surface area (Å²) in [6.07, 6.45) is -2.16. The lowest BCUT2D eigenvalue weighted by Gasteiger charge is -2.09. The van der Waals surface area contributed by atoms with Gasteiger partial charge >= 0.3 is 0 Å². The van der Waals surface area contributed by atoms with E-state index in [1.165, 1.54) is 0 Å². The number of ether oxygens (including phenoxy) is 1. The molecule has 0 bridgehead atoms. The van der Waals surface area contributed by atoms with Crippen LogP contribution < -0.4 is 4.74 Å². The number of benzene rings is 6. The summed E-state index contributed by atoms with van der Waals surface area (Å²) in [5.41, 5.74) is 2.30. The highest BCUT2D eigenvalue weighted by molar-refractivity contribution is 6.00. The molecule has 0 spiro atoms. The Bertz CT molecular complexity index is 1560. The maximum Gasteiger partial charge on any atom is 0.195 e. The molecule has 5 nitrogen and oxygen atoms in total. The molecule has 2 N–H and O–H groups in total. The van der Waals surface area contributed by atoms with E-state index < -0.39 is 12.2 Å². The number of para-hydroxylation sites is 2. The van der Waals surface area contributed by atoms with Gasteiger partial charge in [0.15, 0.2) is 11.6 Å². The molecule has 0 aliphatic rings. The molecule has 0 amide bonds. The summed E-state index contributed by atoms with van der Waals surface area (Å²) in [7, 11) is 0. The number of hydrogen-bond acceptors (Lipinski definition) is 5. The number of carbonyl (C=O) groups is 2. The quantitative estimate of drug-likeness (QED) is 0.172. The van der Waals surface area contributed by atoms with E-state index in [0.29, 0.717) is 22.3 Å². The average Bonchev–Trinajstić information content (AvgIpc) is 3.13. The molecule has 0 saturated carbocycles. The second-order valence-electron chi connectivity index (χ2n) is 9.82. The van der Waals surface area contributed by atoms with Crippen LogP contribution in [0.25, 0.3) is 0 Å². The zero-order valence-electron chi connectivity index (χ0n) is 24.6. The van der Waals surface area contributed by atoms with Gasteiger partial charge in [-0.05, 0) is 35.4 Å². The Labute approximate surface area is 263 Å². The molecule has 45 heavy (non-hydrogen) atoms. The van der Waals surface area contributed by atoms with Crippen LogP contribution in [0, 0.1) is 0 Å². The molecular weight excluding hydrogens is 560 g/mol. The molecule has 0 heterocycles. The van der Waals surface area contributed by atoms with Gasteiger partial charge in [0, 0.05) is 11.1 Å². The largest absolute Gasteiger partial charge is 0.457 e. The highest BCUT2D eigenvalue weighted by atomic mass is 16.5. The molecule has 2 unspecified atom stereocenters. The fraction of sp³-hybridized carbons (Fsp3) is 0.0500. The lowest BCUT2D eigenvalue weighted by atomic mass is 10.0. The fourth-order valence-electron chi connectivity index (χ4n) is 4.21. The molecule has 6 rings (SSSR count). The molecule has 5 heteroatoms. The molecule has 0 saturated heterocycles. The number of hydrogen-bond donors (Lipinski definition) is 2. The van der Waals surface area contributed by atoms with Gasteiger partial charge in [0.25, 0.3) is 0 Å². The first-order chi connectivity index (χ1) is 22.0. The standard InChI is InChI=1S/2C14H12O2.C12H10O/c2*15-13(11-7-3-1-4-8-11)14(16)12-9-5-2-6-10-12;1-3-7-11(8-4-1)13-12-9-5-2-6-10-12/h2*1-10,13,15H;1-10H. The Hall–Kier alpha value is -5.62. The van der Waals surface area contributed by atoms with E-state index in [1.807, 2.05) is 84.9 Å². The summed E-state index contributed by atoms with van der Waals surface area (Å²) in [4.78, 5) is 23.8. The van der Waals surface area contributed by atoms with Crippen molar-refractivity contribution >= 4 is 11.6 Å². The first-order valence-corrected chi connectivity index (χ1v) is 14.5. The third-order valence-corrected chi connectivity index (χ3v) is 6.57. The molecule has 224 valence electrons. The highest BCUT2D eigenvalue weighted by Gasteiger charge is 2.19. The Morgan fingerprint density at radius 3 is 0.911 bits per heavy atom. The SMILES string of the molecule is O=C(c1ccccc1)C(O)c1ccccc1.O=C(c1ccccc1)C(O)c1ccccc1.c1ccc(Oc2ccccc2)cc1. The van der Waals surface area contributed by atoms with Crippen molar-refractivity contribution in [2.24, 2.45) is 0 Å². The second kappa shape index (κ2) is 17.5. The van der Waals surface area contributed by atoms with Crippen LogP contribution >= 0.6 is 0 Å². The van der Waals surface area contributed by atoms with Crippen LogP contribution in [0.4, 0.5) is 0 Å². The number of aliphatic hydroxyl groups excluding tert-OH is 2. The summed E-state index contributed by atoms with van der Waals surface area (Å²) in [5, 5.41) is 19.8. The van der Waals surface area contributed by atoms with Gasteiger partial charge < -0.3 is 14.9 Å². The van der Waals surface area contributed by atoms with Crippen molar-refractivity contribution in [3.8, 4) is 11.5 Å². The van der Waals surface area contributed by atoms with Gasteiger partial charge in [-0.25, -0.2) is 0 Å². The minimum Gasteiger partial charge on any atom is -0.457 e. The topological polar surface area (TPSA) is 83.8 Å². The van der Waals surface area contributed by atoms with Crippen molar-refractivity contribution in [2.45, 2.75) is 12.2 Å². The minimum absolute atomic E-state index is 0.271. The van der Waals surface area contributed by atoms with Gasteiger partial charge in [0.1, 0.15) is 23.7 Å². The second-order valence-corrected chi connectivity index (χ2v) is 9.82. The van der Waals surface area contributed by atoms with E-state index in [2.05, 4.69) is 0 Å². The number of carbonyl (C=O) groups excluding carboxylic acids is 2. The van der Waals surface area contributed by atoms with Crippen LogP contribution in [0.3, 0.4) is 0 Å². The van der Waals surface area contributed by atoms with Crippen molar-refractivity contribution in [3.63, 3.8) is 0 Å². The first kappa shape index (κ1) is 32.3. The predicted octanol–water partition coefficient (Wildman–Crippen LogP) is 8.68. The summed E-state index contributed by atoms with van der Waals surface area (Å²) in [6, 6.07) is 55.0. The highest BCUT2D eigenvalue weighted by Crippen LogP contribution is 2.20. The molecule has 0 aromatic heterocycles. The lowest BCUT2D eigenvalue weighted by molar-refractivity contribution is 0.0743. The van der Waals surface area contributed by atoms with Crippen molar-refractivity contribution in [2.75, 3.05) is 0 Å². The van der Waals surface area contributed by atoms with Crippen LogP contribution in [-0.2, 0) is 0 Å². The summed E-state index contributed by atoms with van der Waals surface area (Å²) in [6.45, 7) is 0. The van der Waals surface area contributed by atoms with Gasteiger partial charge in [-0.1, -0.05) is 158 Å². The monoisotopic (exact) mass is 594 g/mol. The molecule has 0 aliphatic heterocycles. The fourth-order valence-corrected chi connectivity index (χ4v) is 4.21. The zero-order valence-corrected chi connectivity index (χ0v) is 24.6. The van der Waals surface area contributed by atoms with Gasteiger partial charge in [-0.2, -0.15) is 0 Å². The summed E-state index contributed by atoms with van der Waals surface area (Å²) >= 11 is 0. The van der Waals surface area contributed by atoms with Crippen molar-refractivity contribution in [3.05, 3.63) is 204 Å². The lowest BCUT2D eigenvalue weighted by Crippen LogP contribution is -2.11. The Balaban J connectivity index is 0.000000155. The van der Waals surface area contributed by atoms with Gasteiger partial charge in [-0.15, -0.1) is 0 Å². The van der Waals surface area contributed by atoms with Crippen LogP contribution in [0.15, 0.2) is 182 Å². The number of Topliss-reactive ketones (excluding diaryl/α,β-unsaturated/α-hetero) is 2. The van der Waals surface area contributed by atoms with Crippen LogP contribution in [0.5, 0.6) is 11.5 Å². The Kier molecular flexibility index (Phi) is 12.5. The van der Waals surface area contributed by atoms with Gasteiger partial charge in [0.2, 0.25) is 0 Å². The maximum atomic E-state index is 11.9. The normalized spacial score (nSPS) is 11.3. The Morgan fingerprint density at radius 1 is 0.378 bits per heavy atom. The van der Waals surface area contributed by atoms with E-state index in [1.54, 1.807) is 97.1 Å². The van der Waals surface area contributed by atoms with Crippen molar-refractivity contribution in [1.29, 1.82) is 0 Å². The van der Waals surface area contributed by atoms with Crippen LogP contribution in [0.2, 0.25) is 0 Å². The molecule has 6 aromatic rings. The minimum atomic E-state index is -1.08. The number of ketones is 2. The van der Waals surface area contributed by atoms with Gasteiger partial charge in [-0.3, -0.25) is 9.59 Å². The maximum absolute atomic E-state index is 11.9. The Morgan fingerprint density at radius 2 is 0.622 bits per heavy atom. The first-order valence-electron chi connectivity index (χ1n) is 14.5. The number of rotatable bonds is 8. The van der Waals surface area contributed by atoms with Crippen molar-refractivity contribution < 1.29 is 24.5 Å². The predicted molar refractivity (Wildman–Crippen MR) is 177 cm³/mol. The van der Waals surface area contributed by atoms with E-state index in [-0.39, 0.29) is 11.6 Å². The smallest absolute Gasteiger partial charge is 0.195 e. The molecule has 2 atom stereocenters. The molecular formula is C40H34O5. The average molecular weight is 595 g/mol. The molecule has 0 radical (unpaired) electrons. The third kappa shape index (κ3) is 10.3. The van der Waals surface area contributed by atoms with E-state index in [4.69, 9.17) is 4.74 Å². The van der Waals surface area contributed by atoms with E-state index in [0.717, 1.165) is 11.5 Å². The van der Waals surface area contributed by atoms with Crippen molar-refractivity contribution in [1.82, 2.24) is 0 Å².